The molecule has 0 spiro atoms. The summed E-state index contributed by atoms with van der Waals surface area (Å²) < 4.78 is 13.8. The van der Waals surface area contributed by atoms with Crippen LogP contribution in [0.4, 0.5) is 4.39 Å². The highest BCUT2D eigenvalue weighted by Crippen LogP contribution is 2.41. The lowest BCUT2D eigenvalue weighted by molar-refractivity contribution is -0.123. The van der Waals surface area contributed by atoms with Crippen molar-refractivity contribution in [2.75, 3.05) is 0 Å². The summed E-state index contributed by atoms with van der Waals surface area (Å²) in [5.41, 5.74) is 0.0473. The summed E-state index contributed by atoms with van der Waals surface area (Å²) in [6.45, 7) is 1.60. The summed E-state index contributed by atoms with van der Waals surface area (Å²) in [4.78, 5) is 11.9. The van der Waals surface area contributed by atoms with Crippen molar-refractivity contribution in [3.8, 4) is 0 Å². The van der Waals surface area contributed by atoms with Crippen LogP contribution in [0.15, 0.2) is 24.3 Å². The van der Waals surface area contributed by atoms with Crippen LogP contribution >= 0.6 is 0 Å². The van der Waals surface area contributed by atoms with Crippen LogP contribution in [0.1, 0.15) is 44.6 Å². The fraction of sp³-hybridized carbons (Fsp3) is 0.500. The number of carbonyl (C=O) groups is 1. The molecule has 0 atom stereocenters. The minimum absolute atomic E-state index is 0.109. The van der Waals surface area contributed by atoms with Gasteiger partial charge in [0.15, 0.2) is 0 Å². The lowest BCUT2D eigenvalue weighted by Crippen LogP contribution is -2.37. The molecule has 0 unspecified atom stereocenters. The van der Waals surface area contributed by atoms with Crippen molar-refractivity contribution in [2.45, 2.75) is 44.4 Å². The van der Waals surface area contributed by atoms with E-state index in [1.165, 1.54) is 6.07 Å². The highest BCUT2D eigenvalue weighted by Gasteiger charge is 2.39. The first-order chi connectivity index (χ1) is 7.67. The molecule has 1 saturated carbocycles. The number of Topliss-reactive ketones (excluding diaryl/α,β-unsaturated/α-hetero) is 1. The van der Waals surface area contributed by atoms with Crippen molar-refractivity contribution in [1.82, 2.24) is 0 Å². The zero-order valence-corrected chi connectivity index (χ0v) is 9.63. The third kappa shape index (κ3) is 1.77. The third-order valence-corrected chi connectivity index (χ3v) is 3.77. The van der Waals surface area contributed by atoms with E-state index in [1.807, 2.05) is 6.07 Å². The predicted octanol–water partition coefficient (Wildman–Crippen LogP) is 3.62. The van der Waals surface area contributed by atoms with Crippen LogP contribution in [0.3, 0.4) is 0 Å². The summed E-state index contributed by atoms with van der Waals surface area (Å²) in [6.07, 6.45) is 4.79. The zero-order valence-electron chi connectivity index (χ0n) is 9.63. The molecule has 16 heavy (non-hydrogen) atoms. The van der Waals surface area contributed by atoms with E-state index >= 15 is 0 Å². The topological polar surface area (TPSA) is 17.1 Å². The van der Waals surface area contributed by atoms with E-state index in [4.69, 9.17) is 0 Å². The van der Waals surface area contributed by atoms with E-state index in [0.717, 1.165) is 32.1 Å². The van der Waals surface area contributed by atoms with E-state index in [0.29, 0.717) is 5.56 Å². The highest BCUT2D eigenvalue weighted by atomic mass is 19.1. The van der Waals surface area contributed by atoms with Gasteiger partial charge >= 0.3 is 0 Å². The fourth-order valence-electron chi connectivity index (χ4n) is 2.82. The number of halogens is 1. The van der Waals surface area contributed by atoms with Gasteiger partial charge in [-0.1, -0.05) is 37.5 Å². The largest absolute Gasteiger partial charge is 0.299 e. The van der Waals surface area contributed by atoms with E-state index in [2.05, 4.69) is 0 Å². The van der Waals surface area contributed by atoms with Crippen LogP contribution in [-0.2, 0) is 10.2 Å². The van der Waals surface area contributed by atoms with Crippen LogP contribution in [0.5, 0.6) is 0 Å². The molecule has 2 heteroatoms. The van der Waals surface area contributed by atoms with E-state index in [1.54, 1.807) is 19.1 Å². The second kappa shape index (κ2) is 4.36. The summed E-state index contributed by atoms with van der Waals surface area (Å²) >= 11 is 0. The van der Waals surface area contributed by atoms with Gasteiger partial charge in [-0.05, 0) is 25.8 Å². The highest BCUT2D eigenvalue weighted by molar-refractivity contribution is 5.88. The Morgan fingerprint density at radius 3 is 2.38 bits per heavy atom. The maximum Gasteiger partial charge on any atom is 0.140 e. The van der Waals surface area contributed by atoms with Gasteiger partial charge in [0.05, 0.1) is 5.41 Å². The van der Waals surface area contributed by atoms with Crippen molar-refractivity contribution in [3.05, 3.63) is 35.6 Å². The average Bonchev–Trinajstić information content (AvgIpc) is 2.30. The zero-order chi connectivity index (χ0) is 11.6. The number of hydrogen-bond donors (Lipinski definition) is 0. The van der Waals surface area contributed by atoms with Crippen LogP contribution in [0.2, 0.25) is 0 Å². The molecule has 0 heterocycles. The molecular weight excluding hydrogens is 203 g/mol. The maximum atomic E-state index is 13.8. The number of hydrogen-bond acceptors (Lipinski definition) is 1. The lowest BCUT2D eigenvalue weighted by atomic mass is 9.67. The van der Waals surface area contributed by atoms with Crippen molar-refractivity contribution < 1.29 is 9.18 Å². The second-order valence-corrected chi connectivity index (χ2v) is 4.68. The van der Waals surface area contributed by atoms with Gasteiger partial charge in [-0.3, -0.25) is 4.79 Å². The first-order valence-electron chi connectivity index (χ1n) is 5.93. The lowest BCUT2D eigenvalue weighted by Gasteiger charge is -2.35. The predicted molar refractivity (Wildman–Crippen MR) is 61.8 cm³/mol. The summed E-state index contributed by atoms with van der Waals surface area (Å²) in [7, 11) is 0. The molecule has 1 aromatic rings. The van der Waals surface area contributed by atoms with Crippen molar-refractivity contribution in [3.63, 3.8) is 0 Å². The monoisotopic (exact) mass is 220 g/mol. The van der Waals surface area contributed by atoms with E-state index in [9.17, 15) is 9.18 Å². The quantitative estimate of drug-likeness (QED) is 0.744. The number of carbonyl (C=O) groups excluding carboxylic acids is 1. The summed E-state index contributed by atoms with van der Waals surface area (Å²) in [6, 6.07) is 6.71. The Bertz CT molecular complexity index is 391. The summed E-state index contributed by atoms with van der Waals surface area (Å²) in [5, 5.41) is 0. The minimum atomic E-state index is -0.552. The van der Waals surface area contributed by atoms with Gasteiger partial charge in [0.2, 0.25) is 0 Å². The molecular formula is C14H17FO. The molecule has 0 radical (unpaired) electrons. The Morgan fingerprint density at radius 2 is 1.81 bits per heavy atom. The van der Waals surface area contributed by atoms with Gasteiger partial charge in [-0.2, -0.15) is 0 Å². The fourth-order valence-corrected chi connectivity index (χ4v) is 2.82. The minimum Gasteiger partial charge on any atom is -0.299 e. The Kier molecular flexibility index (Phi) is 3.08. The smallest absolute Gasteiger partial charge is 0.140 e. The van der Waals surface area contributed by atoms with E-state index < -0.39 is 5.41 Å². The molecule has 1 fully saturated rings. The molecule has 0 saturated heterocycles. The Labute approximate surface area is 95.7 Å². The Morgan fingerprint density at radius 1 is 1.19 bits per heavy atom. The van der Waals surface area contributed by atoms with Crippen molar-refractivity contribution in [1.29, 1.82) is 0 Å². The van der Waals surface area contributed by atoms with Gasteiger partial charge in [0, 0.05) is 5.56 Å². The average molecular weight is 220 g/mol. The molecule has 1 aromatic carbocycles. The van der Waals surface area contributed by atoms with Crippen LogP contribution in [0.25, 0.3) is 0 Å². The molecule has 0 amide bonds. The van der Waals surface area contributed by atoms with Gasteiger partial charge in [0.1, 0.15) is 11.6 Å². The molecule has 1 nitrogen and oxygen atoms in total. The molecule has 0 aliphatic heterocycles. The number of ketones is 1. The molecule has 0 bridgehead atoms. The van der Waals surface area contributed by atoms with Crippen LogP contribution in [-0.4, -0.2) is 5.78 Å². The first-order valence-corrected chi connectivity index (χ1v) is 5.93. The molecule has 2 rings (SSSR count). The standard InChI is InChI=1S/C14H17FO/c1-11(16)14(9-5-2-6-10-14)12-7-3-4-8-13(12)15/h3-4,7-8H,2,5-6,9-10H2,1H3. The van der Waals surface area contributed by atoms with Gasteiger partial charge < -0.3 is 0 Å². The van der Waals surface area contributed by atoms with Gasteiger partial charge in [0.25, 0.3) is 0 Å². The molecule has 1 aliphatic rings. The molecule has 0 aromatic heterocycles. The third-order valence-electron chi connectivity index (χ3n) is 3.77. The first kappa shape index (κ1) is 11.3. The number of benzene rings is 1. The maximum absolute atomic E-state index is 13.8. The van der Waals surface area contributed by atoms with Gasteiger partial charge in [-0.15, -0.1) is 0 Å². The van der Waals surface area contributed by atoms with Crippen molar-refractivity contribution >= 4 is 5.78 Å². The second-order valence-electron chi connectivity index (χ2n) is 4.68. The number of rotatable bonds is 2. The normalized spacial score (nSPS) is 19.4. The van der Waals surface area contributed by atoms with Gasteiger partial charge in [-0.25, -0.2) is 4.39 Å². The Balaban J connectivity index is 2.47. The summed E-state index contributed by atoms with van der Waals surface area (Å²) in [5.74, 6) is -0.128. The van der Waals surface area contributed by atoms with Crippen LogP contribution in [0, 0.1) is 5.82 Å². The van der Waals surface area contributed by atoms with E-state index in [-0.39, 0.29) is 11.6 Å². The SMILES string of the molecule is CC(=O)C1(c2ccccc2F)CCCCC1. The molecule has 1 aliphatic carbocycles. The van der Waals surface area contributed by atoms with Crippen molar-refractivity contribution in [2.24, 2.45) is 0 Å². The molecule has 86 valence electrons. The Hall–Kier alpha value is -1.18. The molecule has 0 N–H and O–H groups in total. The van der Waals surface area contributed by atoms with Crippen LogP contribution < -0.4 is 0 Å².